The van der Waals surface area contributed by atoms with E-state index in [1.165, 1.54) is 16.9 Å². The number of nitrogens with one attached hydrogen (secondary N) is 1. The molecule has 0 aliphatic carbocycles. The van der Waals surface area contributed by atoms with Crippen molar-refractivity contribution in [3.8, 4) is 5.75 Å². The van der Waals surface area contributed by atoms with E-state index in [-0.39, 0.29) is 5.91 Å². The average Bonchev–Trinajstić information content (AvgIpc) is 3.05. The first-order valence-electron chi connectivity index (χ1n) is 5.98. The molecule has 1 aliphatic rings. The van der Waals surface area contributed by atoms with E-state index >= 15 is 0 Å². The van der Waals surface area contributed by atoms with Crippen molar-refractivity contribution in [2.45, 2.75) is 13.0 Å². The highest BCUT2D eigenvalue weighted by Gasteiger charge is 2.18. The monoisotopic (exact) mass is 337 g/mol. The Morgan fingerprint density at radius 3 is 3.16 bits per heavy atom. The molecule has 0 spiro atoms. The van der Waals surface area contributed by atoms with Crippen LogP contribution in [-0.4, -0.2) is 12.5 Å². The summed E-state index contributed by atoms with van der Waals surface area (Å²) in [5, 5.41) is 6.67. The van der Waals surface area contributed by atoms with Gasteiger partial charge in [0.25, 0.3) is 5.91 Å². The Labute approximate surface area is 123 Å². The molecule has 5 heteroatoms. The first kappa shape index (κ1) is 12.7. The standard InChI is InChI=1S/C14H12BrNO2S/c15-12-5-9-1-3-18-13(9)11(6-12)7-16-14(17)10-2-4-19-8-10/h2,4-6,8H,1,3,7H2,(H,16,17). The minimum absolute atomic E-state index is 0.0482. The van der Waals surface area contributed by atoms with E-state index in [0.29, 0.717) is 12.1 Å². The van der Waals surface area contributed by atoms with Crippen molar-refractivity contribution in [3.05, 3.63) is 50.1 Å². The van der Waals surface area contributed by atoms with Gasteiger partial charge in [0, 0.05) is 33.9 Å². The van der Waals surface area contributed by atoms with Gasteiger partial charge in [-0.25, -0.2) is 0 Å². The van der Waals surface area contributed by atoms with Crippen LogP contribution in [0.15, 0.2) is 33.4 Å². The molecule has 1 amide bonds. The normalized spacial score (nSPS) is 12.9. The van der Waals surface area contributed by atoms with Gasteiger partial charge in [-0.3, -0.25) is 4.79 Å². The van der Waals surface area contributed by atoms with Gasteiger partial charge in [-0.05, 0) is 29.1 Å². The van der Waals surface area contributed by atoms with Crippen LogP contribution in [-0.2, 0) is 13.0 Å². The zero-order valence-electron chi connectivity index (χ0n) is 10.1. The zero-order valence-corrected chi connectivity index (χ0v) is 12.5. The summed E-state index contributed by atoms with van der Waals surface area (Å²) in [5.74, 6) is 0.877. The predicted molar refractivity (Wildman–Crippen MR) is 78.8 cm³/mol. The lowest BCUT2D eigenvalue weighted by molar-refractivity contribution is 0.0951. The van der Waals surface area contributed by atoms with Crippen molar-refractivity contribution in [2.24, 2.45) is 0 Å². The van der Waals surface area contributed by atoms with Gasteiger partial charge in [0.1, 0.15) is 5.75 Å². The number of amides is 1. The lowest BCUT2D eigenvalue weighted by atomic mass is 10.1. The number of fused-ring (bicyclic) bond motifs is 1. The van der Waals surface area contributed by atoms with Crippen LogP contribution < -0.4 is 10.1 Å². The summed E-state index contributed by atoms with van der Waals surface area (Å²) < 4.78 is 6.66. The number of hydrogen-bond acceptors (Lipinski definition) is 3. The first-order chi connectivity index (χ1) is 9.24. The number of benzene rings is 1. The van der Waals surface area contributed by atoms with Gasteiger partial charge in [-0.1, -0.05) is 15.9 Å². The molecule has 0 unspecified atom stereocenters. The minimum Gasteiger partial charge on any atom is -0.493 e. The average molecular weight is 338 g/mol. The molecule has 1 aromatic heterocycles. The molecule has 0 radical (unpaired) electrons. The molecule has 0 atom stereocenters. The lowest BCUT2D eigenvalue weighted by Gasteiger charge is -2.10. The smallest absolute Gasteiger partial charge is 0.252 e. The van der Waals surface area contributed by atoms with Gasteiger partial charge >= 0.3 is 0 Å². The third-order valence-electron chi connectivity index (χ3n) is 3.05. The topological polar surface area (TPSA) is 38.3 Å². The predicted octanol–water partition coefficient (Wildman–Crippen LogP) is 3.38. The van der Waals surface area contributed by atoms with Gasteiger partial charge in [-0.15, -0.1) is 0 Å². The SMILES string of the molecule is O=C(NCc1cc(Br)cc2c1OCC2)c1ccsc1. The fourth-order valence-corrected chi connectivity index (χ4v) is 3.34. The Bertz CT molecular complexity index is 610. The van der Waals surface area contributed by atoms with Crippen LogP contribution in [0, 0.1) is 0 Å². The first-order valence-corrected chi connectivity index (χ1v) is 7.72. The van der Waals surface area contributed by atoms with Crippen molar-refractivity contribution in [3.63, 3.8) is 0 Å². The van der Waals surface area contributed by atoms with E-state index in [2.05, 4.69) is 27.3 Å². The van der Waals surface area contributed by atoms with Crippen LogP contribution in [0.5, 0.6) is 5.75 Å². The zero-order chi connectivity index (χ0) is 13.2. The van der Waals surface area contributed by atoms with Crippen molar-refractivity contribution in [2.75, 3.05) is 6.61 Å². The van der Waals surface area contributed by atoms with Crippen LogP contribution in [0.4, 0.5) is 0 Å². The van der Waals surface area contributed by atoms with Crippen molar-refractivity contribution in [1.29, 1.82) is 0 Å². The molecule has 1 aromatic carbocycles. The van der Waals surface area contributed by atoms with E-state index < -0.39 is 0 Å². The highest BCUT2D eigenvalue weighted by Crippen LogP contribution is 2.32. The van der Waals surface area contributed by atoms with Gasteiger partial charge in [-0.2, -0.15) is 11.3 Å². The number of carbonyl (C=O) groups excluding carboxylic acids is 1. The summed E-state index contributed by atoms with van der Waals surface area (Å²) in [6.07, 6.45) is 0.931. The summed E-state index contributed by atoms with van der Waals surface area (Å²) in [6, 6.07) is 5.90. The number of ether oxygens (including phenoxy) is 1. The number of carbonyl (C=O) groups is 1. The molecule has 98 valence electrons. The van der Waals surface area contributed by atoms with Crippen LogP contribution in [0.25, 0.3) is 0 Å². The lowest BCUT2D eigenvalue weighted by Crippen LogP contribution is -2.22. The van der Waals surface area contributed by atoms with Crippen LogP contribution in [0.3, 0.4) is 0 Å². The molecule has 19 heavy (non-hydrogen) atoms. The second kappa shape index (κ2) is 5.35. The van der Waals surface area contributed by atoms with Crippen molar-refractivity contribution >= 4 is 33.2 Å². The maximum Gasteiger partial charge on any atom is 0.252 e. The molecular weight excluding hydrogens is 326 g/mol. The molecule has 3 nitrogen and oxygen atoms in total. The summed E-state index contributed by atoms with van der Waals surface area (Å²) in [4.78, 5) is 11.9. The van der Waals surface area contributed by atoms with E-state index in [1.807, 2.05) is 22.9 Å². The Kier molecular flexibility index (Phi) is 3.57. The molecule has 0 fully saturated rings. The maximum atomic E-state index is 11.9. The number of thiophene rings is 1. The molecule has 1 N–H and O–H groups in total. The summed E-state index contributed by atoms with van der Waals surface area (Å²) in [5.41, 5.74) is 2.93. The number of hydrogen-bond donors (Lipinski definition) is 1. The second-order valence-corrected chi connectivity index (χ2v) is 6.04. The third kappa shape index (κ3) is 2.67. The fourth-order valence-electron chi connectivity index (χ4n) is 2.15. The molecular formula is C14H12BrNO2S. The number of rotatable bonds is 3. The van der Waals surface area contributed by atoms with E-state index in [4.69, 9.17) is 4.74 Å². The fraction of sp³-hybridized carbons (Fsp3) is 0.214. The quantitative estimate of drug-likeness (QED) is 0.932. The highest BCUT2D eigenvalue weighted by atomic mass is 79.9. The Balaban J connectivity index is 1.76. The maximum absolute atomic E-state index is 11.9. The summed E-state index contributed by atoms with van der Waals surface area (Å²) in [7, 11) is 0. The van der Waals surface area contributed by atoms with E-state index in [9.17, 15) is 4.79 Å². The van der Waals surface area contributed by atoms with Crippen LogP contribution in [0.1, 0.15) is 21.5 Å². The molecule has 0 bridgehead atoms. The Morgan fingerprint density at radius 2 is 2.37 bits per heavy atom. The van der Waals surface area contributed by atoms with Gasteiger partial charge in [0.2, 0.25) is 0 Å². The van der Waals surface area contributed by atoms with Gasteiger partial charge < -0.3 is 10.1 Å². The number of halogens is 1. The largest absolute Gasteiger partial charge is 0.493 e. The van der Waals surface area contributed by atoms with Crippen molar-refractivity contribution in [1.82, 2.24) is 5.32 Å². The van der Waals surface area contributed by atoms with Crippen LogP contribution >= 0.6 is 27.3 Å². The summed E-state index contributed by atoms with van der Waals surface area (Å²) >= 11 is 5.01. The van der Waals surface area contributed by atoms with Crippen LogP contribution in [0.2, 0.25) is 0 Å². The van der Waals surface area contributed by atoms with E-state index in [1.54, 1.807) is 0 Å². The molecule has 1 aliphatic heterocycles. The second-order valence-electron chi connectivity index (χ2n) is 4.35. The Morgan fingerprint density at radius 1 is 1.47 bits per heavy atom. The minimum atomic E-state index is -0.0482. The molecule has 3 rings (SSSR count). The molecule has 0 saturated carbocycles. The molecule has 0 saturated heterocycles. The van der Waals surface area contributed by atoms with E-state index in [0.717, 1.165) is 28.8 Å². The van der Waals surface area contributed by atoms with Crippen molar-refractivity contribution < 1.29 is 9.53 Å². The highest BCUT2D eigenvalue weighted by molar-refractivity contribution is 9.10. The Hall–Kier alpha value is -1.33. The molecule has 2 heterocycles. The third-order valence-corrected chi connectivity index (χ3v) is 4.19. The summed E-state index contributed by atoms with van der Waals surface area (Å²) in [6.45, 7) is 1.20. The molecule has 2 aromatic rings. The van der Waals surface area contributed by atoms with Gasteiger partial charge in [0.15, 0.2) is 0 Å². The van der Waals surface area contributed by atoms with Gasteiger partial charge in [0.05, 0.1) is 6.61 Å².